The molecule has 0 spiro atoms. The number of nitrogens with zero attached hydrogens (tertiary/aromatic N) is 3. The van der Waals surface area contributed by atoms with Gasteiger partial charge in [-0.2, -0.15) is 0 Å². The number of amides is 2. The second-order valence-corrected chi connectivity index (χ2v) is 6.14. The second-order valence-electron chi connectivity index (χ2n) is 6.14. The fraction of sp³-hybridized carbons (Fsp3) is 0.412. The van der Waals surface area contributed by atoms with Gasteiger partial charge in [-0.15, -0.1) is 5.10 Å². The van der Waals surface area contributed by atoms with Crippen LogP contribution in [0.4, 0.5) is 5.69 Å². The standard InChI is InChI=1S/C17H22N6O2/c1-18-17(25)9-19-14-4-2-3-13(7-14)15-11-23(22-21-15)10-12-5-6-16(24)20-8-12/h2-4,7,11-12,19H,5-6,8-10H2,1H3,(H,18,25)(H,20,24). The number of nitrogens with one attached hydrogen (secondary N) is 3. The van der Waals surface area contributed by atoms with E-state index in [-0.39, 0.29) is 18.4 Å². The lowest BCUT2D eigenvalue weighted by molar-refractivity contribution is -0.123. The Labute approximate surface area is 146 Å². The Morgan fingerprint density at radius 2 is 2.32 bits per heavy atom. The number of carbonyl (C=O) groups is 2. The molecule has 0 saturated carbocycles. The first-order valence-corrected chi connectivity index (χ1v) is 8.36. The highest BCUT2D eigenvalue weighted by Crippen LogP contribution is 2.21. The molecule has 0 aliphatic carbocycles. The fourth-order valence-electron chi connectivity index (χ4n) is 2.78. The molecule has 1 aliphatic heterocycles. The summed E-state index contributed by atoms with van der Waals surface area (Å²) in [6.07, 6.45) is 3.36. The van der Waals surface area contributed by atoms with E-state index < -0.39 is 0 Å². The molecule has 1 saturated heterocycles. The second kappa shape index (κ2) is 7.78. The summed E-state index contributed by atoms with van der Waals surface area (Å²) in [4.78, 5) is 22.5. The first-order chi connectivity index (χ1) is 12.1. The number of hydrogen-bond acceptors (Lipinski definition) is 5. The molecule has 1 fully saturated rings. The van der Waals surface area contributed by atoms with Crippen molar-refractivity contribution in [1.29, 1.82) is 0 Å². The van der Waals surface area contributed by atoms with Gasteiger partial charge in [0.2, 0.25) is 11.8 Å². The Hall–Kier alpha value is -2.90. The molecule has 132 valence electrons. The van der Waals surface area contributed by atoms with Crippen molar-refractivity contribution in [3.05, 3.63) is 30.5 Å². The molecule has 3 rings (SSSR count). The van der Waals surface area contributed by atoms with Crippen LogP contribution in [0.3, 0.4) is 0 Å². The van der Waals surface area contributed by atoms with Crippen LogP contribution in [-0.4, -0.2) is 46.9 Å². The SMILES string of the molecule is CNC(=O)CNc1cccc(-c2cn(CC3CCC(=O)NC3)nn2)c1. The predicted octanol–water partition coefficient (Wildman–Crippen LogP) is 0.629. The number of benzene rings is 1. The molecule has 1 aliphatic rings. The van der Waals surface area contributed by atoms with Crippen molar-refractivity contribution in [3.8, 4) is 11.3 Å². The van der Waals surface area contributed by atoms with Gasteiger partial charge in [0.05, 0.1) is 12.7 Å². The summed E-state index contributed by atoms with van der Waals surface area (Å²) < 4.78 is 1.82. The Bertz CT molecular complexity index is 747. The Morgan fingerprint density at radius 1 is 1.44 bits per heavy atom. The van der Waals surface area contributed by atoms with Crippen molar-refractivity contribution in [3.63, 3.8) is 0 Å². The van der Waals surface area contributed by atoms with Gasteiger partial charge in [-0.3, -0.25) is 14.3 Å². The van der Waals surface area contributed by atoms with E-state index in [4.69, 9.17) is 0 Å². The molecule has 0 bridgehead atoms. The molecule has 0 radical (unpaired) electrons. The van der Waals surface area contributed by atoms with Crippen molar-refractivity contribution in [2.24, 2.45) is 5.92 Å². The number of aromatic nitrogens is 3. The van der Waals surface area contributed by atoms with Crippen LogP contribution >= 0.6 is 0 Å². The number of rotatable bonds is 6. The first-order valence-electron chi connectivity index (χ1n) is 8.36. The van der Waals surface area contributed by atoms with Crippen LogP contribution in [0.25, 0.3) is 11.3 Å². The van der Waals surface area contributed by atoms with E-state index in [2.05, 4.69) is 26.3 Å². The Kier molecular flexibility index (Phi) is 5.27. The third kappa shape index (κ3) is 4.56. The fourth-order valence-corrected chi connectivity index (χ4v) is 2.78. The minimum absolute atomic E-state index is 0.0732. The number of carbonyl (C=O) groups excluding carboxylic acids is 2. The molecular formula is C17H22N6O2. The van der Waals surface area contributed by atoms with Crippen molar-refractivity contribution in [1.82, 2.24) is 25.6 Å². The molecule has 2 aromatic rings. The van der Waals surface area contributed by atoms with Crippen LogP contribution in [0.2, 0.25) is 0 Å². The number of hydrogen-bond donors (Lipinski definition) is 3. The average Bonchev–Trinajstić information content (AvgIpc) is 3.10. The molecule has 2 amide bonds. The maximum Gasteiger partial charge on any atom is 0.239 e. The molecule has 1 aromatic carbocycles. The van der Waals surface area contributed by atoms with E-state index in [1.165, 1.54) is 0 Å². The highest BCUT2D eigenvalue weighted by atomic mass is 16.2. The molecule has 3 N–H and O–H groups in total. The van der Waals surface area contributed by atoms with Gasteiger partial charge < -0.3 is 16.0 Å². The zero-order valence-corrected chi connectivity index (χ0v) is 14.2. The van der Waals surface area contributed by atoms with E-state index in [1.54, 1.807) is 7.05 Å². The van der Waals surface area contributed by atoms with Gasteiger partial charge in [0.15, 0.2) is 0 Å². The topological polar surface area (TPSA) is 101 Å². The lowest BCUT2D eigenvalue weighted by Gasteiger charge is -2.21. The first kappa shape index (κ1) is 16.9. The zero-order chi connectivity index (χ0) is 17.6. The number of piperidine rings is 1. The maximum atomic E-state index is 11.3. The largest absolute Gasteiger partial charge is 0.376 e. The summed E-state index contributed by atoms with van der Waals surface area (Å²) >= 11 is 0. The maximum absolute atomic E-state index is 11.3. The lowest BCUT2D eigenvalue weighted by Crippen LogP contribution is -2.36. The average molecular weight is 342 g/mol. The van der Waals surface area contributed by atoms with Gasteiger partial charge in [-0.05, 0) is 24.5 Å². The van der Waals surface area contributed by atoms with E-state index in [0.29, 0.717) is 18.9 Å². The highest BCUT2D eigenvalue weighted by molar-refractivity contribution is 5.80. The summed E-state index contributed by atoms with van der Waals surface area (Å²) in [7, 11) is 1.61. The normalized spacial score (nSPS) is 17.0. The van der Waals surface area contributed by atoms with Crippen LogP contribution in [0.15, 0.2) is 30.5 Å². The van der Waals surface area contributed by atoms with E-state index in [1.807, 2.05) is 35.1 Å². The summed E-state index contributed by atoms with van der Waals surface area (Å²) in [6.45, 7) is 1.65. The van der Waals surface area contributed by atoms with Crippen LogP contribution in [0, 0.1) is 5.92 Å². The number of likely N-dealkylation sites (N-methyl/N-ethyl adjacent to an activating group) is 1. The summed E-state index contributed by atoms with van der Waals surface area (Å²) in [6, 6.07) is 7.72. The molecule has 1 aromatic heterocycles. The molecule has 2 heterocycles. The Morgan fingerprint density at radius 3 is 3.08 bits per heavy atom. The molecule has 25 heavy (non-hydrogen) atoms. The van der Waals surface area contributed by atoms with Gasteiger partial charge >= 0.3 is 0 Å². The Balaban J connectivity index is 1.63. The molecular weight excluding hydrogens is 320 g/mol. The lowest BCUT2D eigenvalue weighted by atomic mass is 9.99. The summed E-state index contributed by atoms with van der Waals surface area (Å²) in [5.74, 6) is 0.431. The zero-order valence-electron chi connectivity index (χ0n) is 14.2. The van der Waals surface area contributed by atoms with Gasteiger partial charge in [0.25, 0.3) is 0 Å². The van der Waals surface area contributed by atoms with Gasteiger partial charge in [-0.1, -0.05) is 17.3 Å². The van der Waals surface area contributed by atoms with E-state index in [0.717, 1.165) is 29.9 Å². The van der Waals surface area contributed by atoms with Gasteiger partial charge in [0.1, 0.15) is 5.69 Å². The van der Waals surface area contributed by atoms with Gasteiger partial charge in [0, 0.05) is 37.8 Å². The summed E-state index contributed by atoms with van der Waals surface area (Å²) in [5.41, 5.74) is 2.57. The van der Waals surface area contributed by atoms with Crippen molar-refractivity contribution in [2.45, 2.75) is 19.4 Å². The molecule has 1 atom stereocenters. The van der Waals surface area contributed by atoms with Crippen LogP contribution in [-0.2, 0) is 16.1 Å². The quantitative estimate of drug-likeness (QED) is 0.715. The van der Waals surface area contributed by atoms with E-state index >= 15 is 0 Å². The van der Waals surface area contributed by atoms with Crippen LogP contribution < -0.4 is 16.0 Å². The van der Waals surface area contributed by atoms with Gasteiger partial charge in [-0.25, -0.2) is 0 Å². The smallest absolute Gasteiger partial charge is 0.239 e. The highest BCUT2D eigenvalue weighted by Gasteiger charge is 2.19. The molecule has 1 unspecified atom stereocenters. The number of anilines is 1. The third-order valence-electron chi connectivity index (χ3n) is 4.24. The summed E-state index contributed by atoms with van der Waals surface area (Å²) in [5, 5.41) is 17.0. The minimum atomic E-state index is -0.0732. The predicted molar refractivity (Wildman–Crippen MR) is 93.7 cm³/mol. The third-order valence-corrected chi connectivity index (χ3v) is 4.24. The van der Waals surface area contributed by atoms with Crippen LogP contribution in [0.1, 0.15) is 12.8 Å². The van der Waals surface area contributed by atoms with Crippen molar-refractivity contribution >= 4 is 17.5 Å². The van der Waals surface area contributed by atoms with Crippen molar-refractivity contribution < 1.29 is 9.59 Å². The monoisotopic (exact) mass is 342 g/mol. The molecule has 8 heteroatoms. The van der Waals surface area contributed by atoms with E-state index in [9.17, 15) is 9.59 Å². The minimum Gasteiger partial charge on any atom is -0.376 e. The van der Waals surface area contributed by atoms with Crippen molar-refractivity contribution in [2.75, 3.05) is 25.5 Å². The van der Waals surface area contributed by atoms with Crippen LogP contribution in [0.5, 0.6) is 0 Å². The molecule has 8 nitrogen and oxygen atoms in total.